The van der Waals surface area contributed by atoms with Gasteiger partial charge in [-0.1, -0.05) is 18.2 Å². The average molecular weight is 457 g/mol. The number of carbonyl (C=O) groups excluding carboxylic acids is 1. The zero-order valence-corrected chi connectivity index (χ0v) is 18.6. The minimum Gasteiger partial charge on any atom is -0.354 e. The van der Waals surface area contributed by atoms with Gasteiger partial charge in [-0.05, 0) is 77.4 Å². The summed E-state index contributed by atoms with van der Waals surface area (Å²) in [5.74, 6) is 1.10. The second kappa shape index (κ2) is 9.26. The number of nitrogens with one attached hydrogen (secondary N) is 1. The van der Waals surface area contributed by atoms with Crippen LogP contribution < -0.4 is 10.2 Å². The molecule has 0 spiro atoms. The van der Waals surface area contributed by atoms with E-state index in [1.807, 2.05) is 18.3 Å². The van der Waals surface area contributed by atoms with Gasteiger partial charge in [-0.15, -0.1) is 0 Å². The highest BCUT2D eigenvalue weighted by molar-refractivity contribution is 9.10. The Morgan fingerprint density at radius 3 is 2.59 bits per heavy atom. The Morgan fingerprint density at radius 2 is 1.86 bits per heavy atom. The molecule has 29 heavy (non-hydrogen) atoms. The van der Waals surface area contributed by atoms with E-state index in [0.717, 1.165) is 36.5 Å². The molecule has 1 atom stereocenters. The van der Waals surface area contributed by atoms with Gasteiger partial charge < -0.3 is 10.2 Å². The summed E-state index contributed by atoms with van der Waals surface area (Å²) >= 11 is 3.43. The Labute approximate surface area is 181 Å². The maximum atomic E-state index is 12.6. The van der Waals surface area contributed by atoms with Crippen molar-refractivity contribution < 1.29 is 4.79 Å². The van der Waals surface area contributed by atoms with Crippen molar-refractivity contribution in [2.75, 3.05) is 37.6 Å². The fourth-order valence-corrected chi connectivity index (χ4v) is 4.52. The van der Waals surface area contributed by atoms with Crippen molar-refractivity contribution in [3.8, 4) is 0 Å². The molecule has 0 saturated carbocycles. The minimum absolute atomic E-state index is 0.0444. The van der Waals surface area contributed by atoms with E-state index in [0.29, 0.717) is 6.54 Å². The van der Waals surface area contributed by atoms with E-state index in [-0.39, 0.29) is 11.9 Å². The first kappa shape index (κ1) is 20.4. The standard InChI is InChI=1S/C23H29BrN4O/c1-17(19-7-6-18-4-2-3-5-20(18)14-19)26-23(29)16-27-10-12-28(13-11-27)22-9-8-21(24)15-25-22/h6-9,14-15,17H,2-5,10-13,16H2,1H3,(H,26,29). The number of rotatable bonds is 5. The lowest BCUT2D eigenvalue weighted by Gasteiger charge is -2.35. The molecule has 2 aliphatic rings. The molecule has 1 fully saturated rings. The molecule has 1 unspecified atom stereocenters. The number of aromatic nitrogens is 1. The number of fused-ring (bicyclic) bond motifs is 1. The second-order valence-electron chi connectivity index (χ2n) is 8.12. The minimum atomic E-state index is 0.0444. The molecule has 2 aromatic rings. The molecule has 1 N–H and O–H groups in total. The summed E-state index contributed by atoms with van der Waals surface area (Å²) in [7, 11) is 0. The fourth-order valence-electron chi connectivity index (χ4n) is 4.29. The number of pyridine rings is 1. The van der Waals surface area contributed by atoms with Gasteiger partial charge in [-0.25, -0.2) is 4.98 Å². The maximum absolute atomic E-state index is 12.6. The number of hydrogen-bond donors (Lipinski definition) is 1. The first-order valence-electron chi connectivity index (χ1n) is 10.6. The number of carbonyl (C=O) groups is 1. The van der Waals surface area contributed by atoms with Gasteiger partial charge in [0.15, 0.2) is 0 Å². The largest absolute Gasteiger partial charge is 0.354 e. The van der Waals surface area contributed by atoms with Gasteiger partial charge in [0.25, 0.3) is 0 Å². The third-order valence-corrected chi connectivity index (χ3v) is 6.49. The Kier molecular flexibility index (Phi) is 6.50. The van der Waals surface area contributed by atoms with E-state index in [9.17, 15) is 4.79 Å². The van der Waals surface area contributed by atoms with Gasteiger partial charge in [-0.3, -0.25) is 9.69 Å². The molecule has 1 aliphatic heterocycles. The number of piperazine rings is 1. The molecule has 1 saturated heterocycles. The Bertz CT molecular complexity index is 846. The van der Waals surface area contributed by atoms with Crippen LogP contribution >= 0.6 is 15.9 Å². The van der Waals surface area contributed by atoms with Crippen LogP contribution in [-0.4, -0.2) is 48.5 Å². The van der Waals surface area contributed by atoms with Crippen molar-refractivity contribution >= 4 is 27.7 Å². The molecule has 0 bridgehead atoms. The Morgan fingerprint density at radius 1 is 1.10 bits per heavy atom. The van der Waals surface area contributed by atoms with E-state index >= 15 is 0 Å². The summed E-state index contributed by atoms with van der Waals surface area (Å²) < 4.78 is 0.990. The topological polar surface area (TPSA) is 48.5 Å². The summed E-state index contributed by atoms with van der Waals surface area (Å²) in [6, 6.07) is 10.8. The Hall–Kier alpha value is -1.92. The SMILES string of the molecule is CC(NC(=O)CN1CCN(c2ccc(Br)cn2)CC1)c1ccc2c(c1)CCCC2. The van der Waals surface area contributed by atoms with E-state index in [2.05, 4.69) is 61.2 Å². The first-order chi connectivity index (χ1) is 14.1. The smallest absolute Gasteiger partial charge is 0.234 e. The highest BCUT2D eigenvalue weighted by atomic mass is 79.9. The van der Waals surface area contributed by atoms with Crippen molar-refractivity contribution in [3.05, 3.63) is 57.7 Å². The van der Waals surface area contributed by atoms with Crippen molar-refractivity contribution in [3.63, 3.8) is 0 Å². The van der Waals surface area contributed by atoms with Crippen LogP contribution in [0.4, 0.5) is 5.82 Å². The van der Waals surface area contributed by atoms with Crippen molar-refractivity contribution in [1.82, 2.24) is 15.2 Å². The molecule has 154 valence electrons. The number of benzene rings is 1. The van der Waals surface area contributed by atoms with Crippen LogP contribution in [-0.2, 0) is 17.6 Å². The fraction of sp³-hybridized carbons (Fsp3) is 0.478. The number of hydrogen-bond acceptors (Lipinski definition) is 4. The monoisotopic (exact) mass is 456 g/mol. The quantitative estimate of drug-likeness (QED) is 0.744. The Balaban J connectivity index is 1.26. The van der Waals surface area contributed by atoms with Crippen LogP contribution in [0.1, 0.15) is 42.5 Å². The number of nitrogens with zero attached hydrogens (tertiary/aromatic N) is 3. The van der Waals surface area contributed by atoms with Crippen molar-refractivity contribution in [2.45, 2.75) is 38.6 Å². The van der Waals surface area contributed by atoms with Gasteiger partial charge in [0, 0.05) is 36.8 Å². The van der Waals surface area contributed by atoms with Crippen LogP contribution in [0.5, 0.6) is 0 Å². The zero-order valence-electron chi connectivity index (χ0n) is 17.0. The number of aryl methyl sites for hydroxylation is 2. The lowest BCUT2D eigenvalue weighted by molar-refractivity contribution is -0.123. The lowest BCUT2D eigenvalue weighted by atomic mass is 9.89. The number of amides is 1. The third-order valence-electron chi connectivity index (χ3n) is 6.03. The second-order valence-corrected chi connectivity index (χ2v) is 9.04. The molecule has 6 heteroatoms. The van der Waals surface area contributed by atoms with E-state index in [4.69, 9.17) is 0 Å². The molecule has 1 aromatic carbocycles. The molecular formula is C23H29BrN4O. The number of halogens is 1. The van der Waals surface area contributed by atoms with E-state index in [1.54, 1.807) is 0 Å². The van der Waals surface area contributed by atoms with Crippen molar-refractivity contribution in [1.29, 1.82) is 0 Å². The molecule has 1 aliphatic carbocycles. The van der Waals surface area contributed by atoms with Gasteiger partial charge in [-0.2, -0.15) is 0 Å². The summed E-state index contributed by atoms with van der Waals surface area (Å²) in [6.45, 7) is 6.07. The molecule has 4 rings (SSSR count). The third kappa shape index (κ3) is 5.17. The molecule has 0 radical (unpaired) electrons. The maximum Gasteiger partial charge on any atom is 0.234 e. The van der Waals surface area contributed by atoms with Gasteiger partial charge in [0.2, 0.25) is 5.91 Å². The zero-order chi connectivity index (χ0) is 20.2. The highest BCUT2D eigenvalue weighted by Crippen LogP contribution is 2.25. The van der Waals surface area contributed by atoms with E-state index < -0.39 is 0 Å². The molecular weight excluding hydrogens is 428 g/mol. The summed E-state index contributed by atoms with van der Waals surface area (Å²) in [4.78, 5) is 21.6. The van der Waals surface area contributed by atoms with Crippen LogP contribution in [0.15, 0.2) is 41.0 Å². The van der Waals surface area contributed by atoms with Crippen LogP contribution in [0.3, 0.4) is 0 Å². The molecule has 1 aromatic heterocycles. The van der Waals surface area contributed by atoms with Crippen LogP contribution in [0.25, 0.3) is 0 Å². The lowest BCUT2D eigenvalue weighted by Crippen LogP contribution is -2.49. The molecule has 1 amide bonds. The normalized spacial score (nSPS) is 18.2. The van der Waals surface area contributed by atoms with Crippen LogP contribution in [0.2, 0.25) is 0 Å². The van der Waals surface area contributed by atoms with Gasteiger partial charge in [0.1, 0.15) is 5.82 Å². The van der Waals surface area contributed by atoms with Gasteiger partial charge >= 0.3 is 0 Å². The van der Waals surface area contributed by atoms with E-state index in [1.165, 1.54) is 42.4 Å². The first-order valence-corrected chi connectivity index (χ1v) is 11.4. The van der Waals surface area contributed by atoms with Gasteiger partial charge in [0.05, 0.1) is 12.6 Å². The average Bonchev–Trinajstić information content (AvgIpc) is 2.74. The van der Waals surface area contributed by atoms with Crippen LogP contribution in [0, 0.1) is 0 Å². The number of anilines is 1. The molecule has 2 heterocycles. The predicted molar refractivity (Wildman–Crippen MR) is 120 cm³/mol. The summed E-state index contributed by atoms with van der Waals surface area (Å²) in [5, 5.41) is 3.19. The predicted octanol–water partition coefficient (Wildman–Crippen LogP) is 3.72. The summed E-state index contributed by atoms with van der Waals surface area (Å²) in [5.41, 5.74) is 4.16. The molecule has 5 nitrogen and oxygen atoms in total. The van der Waals surface area contributed by atoms with Crippen molar-refractivity contribution in [2.24, 2.45) is 0 Å². The summed E-state index contributed by atoms with van der Waals surface area (Å²) in [6.07, 6.45) is 6.76. The highest BCUT2D eigenvalue weighted by Gasteiger charge is 2.21.